The van der Waals surface area contributed by atoms with Crippen LogP contribution in [0.4, 0.5) is 4.79 Å². The zero-order valence-electron chi connectivity index (χ0n) is 20.0. The summed E-state index contributed by atoms with van der Waals surface area (Å²) in [4.78, 5) is 44.0. The van der Waals surface area contributed by atoms with Crippen LogP contribution in [0.3, 0.4) is 0 Å². The molecule has 0 bridgehead atoms. The van der Waals surface area contributed by atoms with E-state index in [1.54, 1.807) is 29.4 Å². The first kappa shape index (κ1) is 26.3. The first-order valence-electron chi connectivity index (χ1n) is 11.1. The Bertz CT molecular complexity index is 895. The number of hydrogen-bond donors (Lipinski definition) is 2. The molecule has 0 fully saturated rings. The van der Waals surface area contributed by atoms with Crippen molar-refractivity contribution in [2.24, 2.45) is 5.92 Å². The molecule has 0 aromatic carbocycles. The fourth-order valence-electron chi connectivity index (χ4n) is 3.02. The van der Waals surface area contributed by atoms with E-state index in [1.165, 1.54) is 11.3 Å². The highest BCUT2D eigenvalue weighted by molar-refractivity contribution is 7.12. The highest BCUT2D eigenvalue weighted by Crippen LogP contribution is 2.13. The van der Waals surface area contributed by atoms with Gasteiger partial charge in [0.2, 0.25) is 5.91 Å². The summed E-state index contributed by atoms with van der Waals surface area (Å²) in [7, 11) is 0. The number of nitrogens with zero attached hydrogens (tertiary/aromatic N) is 2. The molecule has 3 amide bonds. The zero-order chi connectivity index (χ0) is 24.4. The van der Waals surface area contributed by atoms with Crippen LogP contribution in [0.1, 0.15) is 56.3 Å². The average Bonchev–Trinajstić information content (AvgIpc) is 3.28. The van der Waals surface area contributed by atoms with Gasteiger partial charge in [-0.2, -0.15) is 0 Å². The predicted molar refractivity (Wildman–Crippen MR) is 129 cm³/mol. The van der Waals surface area contributed by atoms with Crippen molar-refractivity contribution in [1.29, 1.82) is 0 Å². The van der Waals surface area contributed by atoms with Gasteiger partial charge in [0.25, 0.3) is 5.91 Å². The van der Waals surface area contributed by atoms with Crippen LogP contribution in [0, 0.1) is 5.92 Å². The van der Waals surface area contributed by atoms with Crippen LogP contribution in [0.2, 0.25) is 0 Å². The van der Waals surface area contributed by atoms with Gasteiger partial charge in [0.1, 0.15) is 11.6 Å². The Morgan fingerprint density at radius 3 is 2.52 bits per heavy atom. The summed E-state index contributed by atoms with van der Waals surface area (Å²) in [6, 6.07) is 6.60. The molecule has 0 aliphatic carbocycles. The van der Waals surface area contributed by atoms with Gasteiger partial charge in [-0.3, -0.25) is 14.6 Å². The van der Waals surface area contributed by atoms with Crippen molar-refractivity contribution in [3.05, 3.63) is 52.5 Å². The maximum atomic E-state index is 12.7. The molecule has 0 saturated heterocycles. The third kappa shape index (κ3) is 9.21. The standard InChI is InChI=1S/C24H34N4O4S/c1-17(2)20(27-21(29)19-10-7-14-33-19)22(30)26-12-8-13-28(23(31)32-24(3,4)5)16-18-9-6-11-25-15-18/h6-7,9-11,14-15,17,20H,8,12-13,16H2,1-5H3,(H,26,30)(H,27,29). The van der Waals surface area contributed by atoms with Crippen LogP contribution in [-0.4, -0.2) is 52.5 Å². The van der Waals surface area contributed by atoms with E-state index in [4.69, 9.17) is 4.74 Å². The molecule has 1 unspecified atom stereocenters. The summed E-state index contributed by atoms with van der Waals surface area (Å²) in [6.45, 7) is 10.4. The lowest BCUT2D eigenvalue weighted by Gasteiger charge is -2.27. The van der Waals surface area contributed by atoms with Crippen molar-refractivity contribution in [2.75, 3.05) is 13.1 Å². The van der Waals surface area contributed by atoms with Crippen molar-refractivity contribution in [1.82, 2.24) is 20.5 Å². The van der Waals surface area contributed by atoms with E-state index in [2.05, 4.69) is 15.6 Å². The normalized spacial score (nSPS) is 12.2. The fourth-order valence-corrected chi connectivity index (χ4v) is 3.65. The summed E-state index contributed by atoms with van der Waals surface area (Å²) >= 11 is 1.33. The minimum Gasteiger partial charge on any atom is -0.444 e. The van der Waals surface area contributed by atoms with Gasteiger partial charge >= 0.3 is 6.09 Å². The van der Waals surface area contributed by atoms with Gasteiger partial charge in [-0.05, 0) is 56.2 Å². The van der Waals surface area contributed by atoms with Crippen LogP contribution in [0.5, 0.6) is 0 Å². The molecule has 0 aliphatic heterocycles. The smallest absolute Gasteiger partial charge is 0.410 e. The first-order chi connectivity index (χ1) is 15.6. The minimum atomic E-state index is -0.642. The predicted octanol–water partition coefficient (Wildman–Crippen LogP) is 3.84. The van der Waals surface area contributed by atoms with E-state index in [-0.39, 0.29) is 17.7 Å². The number of thiophene rings is 1. The van der Waals surface area contributed by atoms with Gasteiger partial charge < -0.3 is 20.3 Å². The molecule has 2 rings (SSSR count). The molecule has 0 radical (unpaired) electrons. The second-order valence-electron chi connectivity index (χ2n) is 9.08. The molecular weight excluding hydrogens is 440 g/mol. The van der Waals surface area contributed by atoms with E-state index in [1.807, 2.05) is 52.1 Å². The lowest BCUT2D eigenvalue weighted by molar-refractivity contribution is -0.123. The zero-order valence-corrected chi connectivity index (χ0v) is 20.8. The summed E-state index contributed by atoms with van der Waals surface area (Å²) in [5.41, 5.74) is 0.285. The van der Waals surface area contributed by atoms with Crippen molar-refractivity contribution in [2.45, 2.75) is 59.2 Å². The Morgan fingerprint density at radius 2 is 1.94 bits per heavy atom. The topological polar surface area (TPSA) is 101 Å². The summed E-state index contributed by atoms with van der Waals surface area (Å²) in [5.74, 6) is -0.574. The van der Waals surface area contributed by atoms with Gasteiger partial charge in [0, 0.05) is 25.5 Å². The van der Waals surface area contributed by atoms with Crippen LogP contribution < -0.4 is 10.6 Å². The Kier molecular flexibility index (Phi) is 9.84. The number of ether oxygens (including phenoxy) is 1. The number of rotatable bonds is 10. The molecular formula is C24H34N4O4S. The number of aromatic nitrogens is 1. The highest BCUT2D eigenvalue weighted by Gasteiger charge is 2.25. The number of carbonyl (C=O) groups is 3. The van der Waals surface area contributed by atoms with Crippen molar-refractivity contribution < 1.29 is 19.1 Å². The number of nitrogens with one attached hydrogen (secondary N) is 2. The molecule has 33 heavy (non-hydrogen) atoms. The maximum Gasteiger partial charge on any atom is 0.410 e. The quantitative estimate of drug-likeness (QED) is 0.510. The number of pyridine rings is 1. The lowest BCUT2D eigenvalue weighted by atomic mass is 10.0. The monoisotopic (exact) mass is 474 g/mol. The Morgan fingerprint density at radius 1 is 1.18 bits per heavy atom. The summed E-state index contributed by atoms with van der Waals surface area (Å²) < 4.78 is 5.53. The van der Waals surface area contributed by atoms with Crippen molar-refractivity contribution >= 4 is 29.2 Å². The van der Waals surface area contributed by atoms with Crippen LogP contribution in [0.15, 0.2) is 42.0 Å². The van der Waals surface area contributed by atoms with Gasteiger partial charge in [0.15, 0.2) is 0 Å². The van der Waals surface area contributed by atoms with Crippen molar-refractivity contribution in [3.8, 4) is 0 Å². The molecule has 180 valence electrons. The van der Waals surface area contributed by atoms with E-state index >= 15 is 0 Å². The molecule has 0 spiro atoms. The Hall–Kier alpha value is -2.94. The van der Waals surface area contributed by atoms with Gasteiger partial charge in [-0.15, -0.1) is 11.3 Å². The summed E-state index contributed by atoms with van der Waals surface area (Å²) in [5, 5.41) is 7.51. The van der Waals surface area contributed by atoms with Crippen LogP contribution in [-0.2, 0) is 16.1 Å². The second-order valence-corrected chi connectivity index (χ2v) is 10.0. The van der Waals surface area contributed by atoms with Crippen molar-refractivity contribution in [3.63, 3.8) is 0 Å². The van der Waals surface area contributed by atoms with E-state index < -0.39 is 17.7 Å². The highest BCUT2D eigenvalue weighted by atomic mass is 32.1. The first-order valence-corrected chi connectivity index (χ1v) is 11.9. The molecule has 0 saturated carbocycles. The maximum absolute atomic E-state index is 12.7. The third-order valence-electron chi connectivity index (χ3n) is 4.63. The number of hydrogen-bond acceptors (Lipinski definition) is 6. The molecule has 0 aliphatic rings. The largest absolute Gasteiger partial charge is 0.444 e. The molecule has 2 aromatic heterocycles. The fraction of sp³-hybridized carbons (Fsp3) is 0.500. The third-order valence-corrected chi connectivity index (χ3v) is 5.50. The van der Waals surface area contributed by atoms with Gasteiger partial charge in [-0.25, -0.2) is 4.79 Å². The molecule has 2 heterocycles. The van der Waals surface area contributed by atoms with Gasteiger partial charge in [-0.1, -0.05) is 26.0 Å². The Labute approximate surface area is 199 Å². The number of carbonyl (C=O) groups excluding carboxylic acids is 3. The lowest BCUT2D eigenvalue weighted by Crippen LogP contribution is -2.50. The summed E-state index contributed by atoms with van der Waals surface area (Å²) in [6.07, 6.45) is 3.51. The SMILES string of the molecule is CC(C)C(NC(=O)c1cccs1)C(=O)NCCCN(Cc1cccnc1)C(=O)OC(C)(C)C. The molecule has 2 N–H and O–H groups in total. The van der Waals surface area contributed by atoms with E-state index in [0.717, 1.165) is 5.56 Å². The molecule has 9 heteroatoms. The molecule has 1 atom stereocenters. The molecule has 8 nitrogen and oxygen atoms in total. The molecule has 2 aromatic rings. The van der Waals surface area contributed by atoms with E-state index in [9.17, 15) is 14.4 Å². The minimum absolute atomic E-state index is 0.0715. The van der Waals surface area contributed by atoms with E-state index in [0.29, 0.717) is 30.9 Å². The van der Waals surface area contributed by atoms with Crippen LogP contribution in [0.25, 0.3) is 0 Å². The second kappa shape index (κ2) is 12.3. The Balaban J connectivity index is 1.90. The average molecular weight is 475 g/mol. The van der Waals surface area contributed by atoms with Crippen LogP contribution >= 0.6 is 11.3 Å². The van der Waals surface area contributed by atoms with Gasteiger partial charge in [0.05, 0.1) is 11.4 Å². The number of amides is 3.